The molecule has 0 atom stereocenters. The number of ether oxygens (including phenoxy) is 1. The van der Waals surface area contributed by atoms with Gasteiger partial charge in [-0.25, -0.2) is 0 Å². The minimum absolute atomic E-state index is 0.671. The van der Waals surface area contributed by atoms with Gasteiger partial charge in [0, 0.05) is 47.2 Å². The van der Waals surface area contributed by atoms with Crippen molar-refractivity contribution >= 4 is 34.4 Å². The molecule has 0 radical (unpaired) electrons. The van der Waals surface area contributed by atoms with E-state index in [1.165, 1.54) is 11.4 Å². The smallest absolute Gasteiger partial charge is 0.0738 e. The van der Waals surface area contributed by atoms with E-state index in [2.05, 4.69) is 40.0 Å². The van der Waals surface area contributed by atoms with Gasteiger partial charge in [-0.05, 0) is 44.2 Å². The summed E-state index contributed by atoms with van der Waals surface area (Å²) in [6.07, 6.45) is 3.58. The van der Waals surface area contributed by atoms with E-state index in [1.807, 2.05) is 30.5 Å². The second kappa shape index (κ2) is 7.68. The number of benzene rings is 1. The van der Waals surface area contributed by atoms with Crippen molar-refractivity contribution in [1.29, 1.82) is 0 Å². The number of halogens is 1. The first-order valence-corrected chi connectivity index (χ1v) is 8.47. The van der Waals surface area contributed by atoms with Crippen molar-refractivity contribution in [3.63, 3.8) is 0 Å². The van der Waals surface area contributed by atoms with Crippen LogP contribution in [0, 0.1) is 13.8 Å². The minimum Gasteiger partial charge on any atom is -0.383 e. The third-order valence-electron chi connectivity index (χ3n) is 4.23. The quantitative estimate of drug-likeness (QED) is 0.526. The fraction of sp³-hybridized carbons (Fsp3) is 0.263. The monoisotopic (exact) mass is 356 g/mol. The number of hydrazone groups is 1. The number of fused-ring (bicyclic) bond motifs is 1. The van der Waals surface area contributed by atoms with Gasteiger partial charge in [-0.15, -0.1) is 0 Å². The van der Waals surface area contributed by atoms with Crippen LogP contribution < -0.4 is 5.43 Å². The lowest BCUT2D eigenvalue weighted by atomic mass is 10.2. The summed E-state index contributed by atoms with van der Waals surface area (Å²) in [6.45, 7) is 5.71. The standard InChI is InChI=1S/C19H21ClN4O/c1-13-10-15(14(2)24(13)8-9-25-3)12-22-23-18-6-7-21-19-11-16(20)4-5-17(18)19/h4-7,10-12H,8-9H2,1-3H3,(H,21,23)/b22-12+. The second-order valence-corrected chi connectivity index (χ2v) is 6.30. The maximum absolute atomic E-state index is 6.02. The predicted molar refractivity (Wildman–Crippen MR) is 104 cm³/mol. The molecule has 1 N–H and O–H groups in total. The molecule has 1 aromatic carbocycles. The number of aryl methyl sites for hydroxylation is 1. The van der Waals surface area contributed by atoms with Gasteiger partial charge in [0.15, 0.2) is 0 Å². The van der Waals surface area contributed by atoms with E-state index >= 15 is 0 Å². The van der Waals surface area contributed by atoms with Gasteiger partial charge in [-0.1, -0.05) is 11.6 Å². The molecule has 25 heavy (non-hydrogen) atoms. The van der Waals surface area contributed by atoms with Crippen LogP contribution in [-0.4, -0.2) is 29.5 Å². The number of pyridine rings is 1. The number of nitrogens with zero attached hydrogens (tertiary/aromatic N) is 3. The maximum atomic E-state index is 6.02. The van der Waals surface area contributed by atoms with Gasteiger partial charge in [0.2, 0.25) is 0 Å². The highest BCUT2D eigenvalue weighted by Gasteiger charge is 2.07. The van der Waals surface area contributed by atoms with Crippen LogP contribution in [-0.2, 0) is 11.3 Å². The van der Waals surface area contributed by atoms with Gasteiger partial charge in [-0.3, -0.25) is 10.4 Å². The van der Waals surface area contributed by atoms with Crippen molar-refractivity contribution in [2.45, 2.75) is 20.4 Å². The number of aromatic nitrogens is 2. The first-order chi connectivity index (χ1) is 12.1. The molecule has 0 unspecified atom stereocenters. The zero-order valence-electron chi connectivity index (χ0n) is 14.6. The van der Waals surface area contributed by atoms with Crippen LogP contribution in [0.4, 0.5) is 5.69 Å². The molecule has 6 heteroatoms. The molecule has 5 nitrogen and oxygen atoms in total. The zero-order valence-corrected chi connectivity index (χ0v) is 15.3. The van der Waals surface area contributed by atoms with E-state index in [0.29, 0.717) is 11.6 Å². The molecule has 0 amide bonds. The van der Waals surface area contributed by atoms with Crippen molar-refractivity contribution in [2.75, 3.05) is 19.1 Å². The summed E-state index contributed by atoms with van der Waals surface area (Å²) in [6, 6.07) is 9.66. The molecular weight excluding hydrogens is 336 g/mol. The van der Waals surface area contributed by atoms with E-state index in [0.717, 1.165) is 28.7 Å². The molecule has 0 spiro atoms. The van der Waals surface area contributed by atoms with Crippen LogP contribution in [0.2, 0.25) is 5.02 Å². The fourth-order valence-corrected chi connectivity index (χ4v) is 3.04. The Morgan fingerprint density at radius 2 is 2.12 bits per heavy atom. The van der Waals surface area contributed by atoms with Crippen LogP contribution in [0.3, 0.4) is 0 Å². The van der Waals surface area contributed by atoms with Gasteiger partial charge in [0.25, 0.3) is 0 Å². The third-order valence-corrected chi connectivity index (χ3v) is 4.46. The van der Waals surface area contributed by atoms with E-state index < -0.39 is 0 Å². The first kappa shape index (κ1) is 17.5. The summed E-state index contributed by atoms with van der Waals surface area (Å²) in [5.74, 6) is 0. The van der Waals surface area contributed by atoms with Gasteiger partial charge in [0.1, 0.15) is 0 Å². The highest BCUT2D eigenvalue weighted by molar-refractivity contribution is 6.31. The van der Waals surface area contributed by atoms with Crippen molar-refractivity contribution < 1.29 is 4.74 Å². The Balaban J connectivity index is 1.80. The molecule has 3 aromatic rings. The normalized spacial score (nSPS) is 11.5. The average molecular weight is 357 g/mol. The summed E-state index contributed by atoms with van der Waals surface area (Å²) >= 11 is 6.02. The zero-order chi connectivity index (χ0) is 17.8. The predicted octanol–water partition coefficient (Wildman–Crippen LogP) is 4.40. The Kier molecular flexibility index (Phi) is 5.36. The summed E-state index contributed by atoms with van der Waals surface area (Å²) in [5.41, 5.74) is 8.29. The van der Waals surface area contributed by atoms with Gasteiger partial charge in [-0.2, -0.15) is 5.10 Å². The van der Waals surface area contributed by atoms with Gasteiger partial charge in [0.05, 0.1) is 24.0 Å². The molecule has 0 aliphatic rings. The average Bonchev–Trinajstić information content (AvgIpc) is 2.86. The summed E-state index contributed by atoms with van der Waals surface area (Å²) in [7, 11) is 1.71. The lowest BCUT2D eigenvalue weighted by Gasteiger charge is -2.08. The van der Waals surface area contributed by atoms with Crippen LogP contribution in [0.1, 0.15) is 17.0 Å². The summed E-state index contributed by atoms with van der Waals surface area (Å²) in [4.78, 5) is 4.34. The van der Waals surface area contributed by atoms with Crippen LogP contribution in [0.15, 0.2) is 41.6 Å². The molecule has 0 saturated heterocycles. The van der Waals surface area contributed by atoms with Crippen LogP contribution >= 0.6 is 11.6 Å². The Morgan fingerprint density at radius 3 is 2.92 bits per heavy atom. The molecule has 3 rings (SSSR count). The van der Waals surface area contributed by atoms with Crippen LogP contribution in [0.5, 0.6) is 0 Å². The Morgan fingerprint density at radius 1 is 1.28 bits per heavy atom. The summed E-state index contributed by atoms with van der Waals surface area (Å²) in [5, 5.41) is 6.05. The molecule has 0 fully saturated rings. The molecule has 0 saturated carbocycles. The van der Waals surface area contributed by atoms with Crippen molar-refractivity contribution in [3.8, 4) is 0 Å². The Hall–Kier alpha value is -2.37. The Labute approximate surface area is 152 Å². The van der Waals surface area contributed by atoms with E-state index in [4.69, 9.17) is 16.3 Å². The molecule has 130 valence electrons. The third kappa shape index (κ3) is 3.83. The number of nitrogens with one attached hydrogen (secondary N) is 1. The summed E-state index contributed by atoms with van der Waals surface area (Å²) < 4.78 is 7.40. The maximum Gasteiger partial charge on any atom is 0.0738 e. The largest absolute Gasteiger partial charge is 0.383 e. The second-order valence-electron chi connectivity index (χ2n) is 5.86. The van der Waals surface area contributed by atoms with E-state index in [9.17, 15) is 0 Å². The molecule has 0 aliphatic heterocycles. The van der Waals surface area contributed by atoms with E-state index in [1.54, 1.807) is 13.3 Å². The molecule has 2 heterocycles. The fourth-order valence-electron chi connectivity index (χ4n) is 2.88. The molecule has 0 bridgehead atoms. The van der Waals surface area contributed by atoms with Crippen LogP contribution in [0.25, 0.3) is 10.9 Å². The number of methoxy groups -OCH3 is 1. The molecule has 2 aromatic heterocycles. The topological polar surface area (TPSA) is 51.4 Å². The highest BCUT2D eigenvalue weighted by Crippen LogP contribution is 2.24. The highest BCUT2D eigenvalue weighted by atomic mass is 35.5. The minimum atomic E-state index is 0.671. The molecule has 0 aliphatic carbocycles. The van der Waals surface area contributed by atoms with Crippen molar-refractivity contribution in [2.24, 2.45) is 5.10 Å². The Bertz CT molecular complexity index is 917. The molecular formula is C19H21ClN4O. The number of hydrogen-bond donors (Lipinski definition) is 1. The number of anilines is 1. The van der Waals surface area contributed by atoms with Crippen molar-refractivity contribution in [3.05, 3.63) is 58.5 Å². The lowest BCUT2D eigenvalue weighted by Crippen LogP contribution is -2.07. The van der Waals surface area contributed by atoms with Gasteiger partial charge < -0.3 is 9.30 Å². The van der Waals surface area contributed by atoms with Gasteiger partial charge >= 0.3 is 0 Å². The first-order valence-electron chi connectivity index (χ1n) is 8.09. The number of hydrogen-bond acceptors (Lipinski definition) is 4. The SMILES string of the molecule is COCCn1c(C)cc(/C=N/Nc2ccnc3cc(Cl)ccc23)c1C. The van der Waals surface area contributed by atoms with E-state index in [-0.39, 0.29) is 0 Å². The number of rotatable bonds is 6. The lowest BCUT2D eigenvalue weighted by molar-refractivity contribution is 0.186. The van der Waals surface area contributed by atoms with Crippen molar-refractivity contribution in [1.82, 2.24) is 9.55 Å².